The summed E-state index contributed by atoms with van der Waals surface area (Å²) in [5.74, 6) is -2.16. The molecular formula is C22H36O7. The van der Waals surface area contributed by atoms with E-state index in [-0.39, 0.29) is 13.2 Å². The van der Waals surface area contributed by atoms with Gasteiger partial charge in [-0.05, 0) is 24.7 Å². The van der Waals surface area contributed by atoms with E-state index in [0.717, 1.165) is 32.1 Å². The first kappa shape index (κ1) is 23.6. The smallest absolute Gasteiger partial charge is 0.339 e. The lowest BCUT2D eigenvalue weighted by Crippen LogP contribution is -2.44. The molecule has 2 aliphatic carbocycles. The first-order valence-electron chi connectivity index (χ1n) is 11.2. The highest BCUT2D eigenvalue weighted by Crippen LogP contribution is 2.28. The minimum atomic E-state index is -2.39. The van der Waals surface area contributed by atoms with E-state index in [9.17, 15) is 19.5 Å². The molecule has 0 aliphatic heterocycles. The number of carbonyl (C=O) groups is 3. The van der Waals surface area contributed by atoms with Gasteiger partial charge in [0, 0.05) is 0 Å². The fourth-order valence-corrected chi connectivity index (χ4v) is 4.49. The number of rotatable bonds is 11. The van der Waals surface area contributed by atoms with Crippen molar-refractivity contribution >= 4 is 17.9 Å². The second-order valence-electron chi connectivity index (χ2n) is 8.72. The van der Waals surface area contributed by atoms with Gasteiger partial charge in [0.2, 0.25) is 0 Å². The van der Waals surface area contributed by atoms with Crippen LogP contribution in [0, 0.1) is 11.8 Å². The highest BCUT2D eigenvalue weighted by molar-refractivity contribution is 5.89. The third kappa shape index (κ3) is 8.72. The predicted octanol–water partition coefficient (Wildman–Crippen LogP) is 3.61. The van der Waals surface area contributed by atoms with Gasteiger partial charge in [-0.25, -0.2) is 4.79 Å². The zero-order valence-corrected chi connectivity index (χ0v) is 17.4. The molecule has 0 radical (unpaired) electrons. The highest BCUT2D eigenvalue weighted by Gasteiger charge is 2.43. The first-order valence-corrected chi connectivity index (χ1v) is 11.2. The van der Waals surface area contributed by atoms with E-state index in [4.69, 9.17) is 14.6 Å². The van der Waals surface area contributed by atoms with Gasteiger partial charge in [-0.2, -0.15) is 0 Å². The summed E-state index contributed by atoms with van der Waals surface area (Å²) in [7, 11) is 0. The molecule has 1 unspecified atom stereocenters. The van der Waals surface area contributed by atoms with E-state index in [1.54, 1.807) is 0 Å². The molecule has 0 saturated heterocycles. The molecule has 0 heterocycles. The molecule has 0 aromatic heterocycles. The second-order valence-corrected chi connectivity index (χ2v) is 8.72. The number of aliphatic carboxylic acids is 1. The van der Waals surface area contributed by atoms with E-state index in [1.165, 1.54) is 38.5 Å². The molecule has 0 aromatic carbocycles. The lowest BCUT2D eigenvalue weighted by molar-refractivity contribution is -0.177. The summed E-state index contributed by atoms with van der Waals surface area (Å²) in [6.45, 7) is 0.353. The van der Waals surface area contributed by atoms with Crippen molar-refractivity contribution in [3.05, 3.63) is 0 Å². The van der Waals surface area contributed by atoms with Crippen molar-refractivity contribution < 1.29 is 34.1 Å². The third-order valence-electron chi connectivity index (χ3n) is 6.26. The molecule has 0 aromatic rings. The summed E-state index contributed by atoms with van der Waals surface area (Å²) in [6, 6.07) is 0. The predicted molar refractivity (Wildman–Crippen MR) is 106 cm³/mol. The number of carboxylic acid groups (broad SMARTS) is 1. The van der Waals surface area contributed by atoms with Crippen LogP contribution in [0.4, 0.5) is 0 Å². The summed E-state index contributed by atoms with van der Waals surface area (Å²) in [5, 5.41) is 19.6. The number of hydrogen-bond donors (Lipinski definition) is 2. The number of carboxylic acids is 1. The van der Waals surface area contributed by atoms with Crippen LogP contribution < -0.4 is 0 Å². The van der Waals surface area contributed by atoms with Gasteiger partial charge in [0.05, 0.1) is 26.1 Å². The highest BCUT2D eigenvalue weighted by atomic mass is 16.6. The topological polar surface area (TPSA) is 110 Å². The zero-order chi connectivity index (χ0) is 21.1. The summed E-state index contributed by atoms with van der Waals surface area (Å²) in [4.78, 5) is 35.6. The molecule has 166 valence electrons. The van der Waals surface area contributed by atoms with E-state index >= 15 is 0 Å². The zero-order valence-electron chi connectivity index (χ0n) is 17.4. The largest absolute Gasteiger partial charge is 0.481 e. The summed E-state index contributed by atoms with van der Waals surface area (Å²) < 4.78 is 10.3. The number of esters is 2. The number of hydrogen-bond acceptors (Lipinski definition) is 6. The SMILES string of the molecule is O=C(O)CC(O)(CC(=O)OCCC1CCCCC1)C(=O)OCCC1CCCCC1. The van der Waals surface area contributed by atoms with Crippen molar-refractivity contribution in [2.45, 2.75) is 95.5 Å². The van der Waals surface area contributed by atoms with Gasteiger partial charge in [-0.15, -0.1) is 0 Å². The summed E-state index contributed by atoms with van der Waals surface area (Å²) in [5.41, 5.74) is -2.39. The van der Waals surface area contributed by atoms with Crippen LogP contribution in [-0.2, 0) is 23.9 Å². The minimum absolute atomic E-state index is 0.127. The van der Waals surface area contributed by atoms with Crippen LogP contribution in [-0.4, -0.2) is 46.9 Å². The Morgan fingerprint density at radius 1 is 0.759 bits per heavy atom. The van der Waals surface area contributed by atoms with Crippen LogP contribution in [0.3, 0.4) is 0 Å². The van der Waals surface area contributed by atoms with Gasteiger partial charge < -0.3 is 19.7 Å². The van der Waals surface area contributed by atoms with E-state index in [1.807, 2.05) is 0 Å². The fourth-order valence-electron chi connectivity index (χ4n) is 4.49. The van der Waals surface area contributed by atoms with E-state index < -0.39 is 36.4 Å². The third-order valence-corrected chi connectivity index (χ3v) is 6.26. The molecule has 1 atom stereocenters. The maximum Gasteiger partial charge on any atom is 0.339 e. The lowest BCUT2D eigenvalue weighted by Gasteiger charge is -2.25. The lowest BCUT2D eigenvalue weighted by atomic mass is 9.87. The van der Waals surface area contributed by atoms with Gasteiger partial charge >= 0.3 is 17.9 Å². The van der Waals surface area contributed by atoms with Crippen molar-refractivity contribution in [1.29, 1.82) is 0 Å². The van der Waals surface area contributed by atoms with Crippen LogP contribution in [0.5, 0.6) is 0 Å². The van der Waals surface area contributed by atoms with Crippen LogP contribution in [0.1, 0.15) is 89.9 Å². The van der Waals surface area contributed by atoms with Gasteiger partial charge in [0.1, 0.15) is 0 Å². The molecule has 2 rings (SSSR count). The van der Waals surface area contributed by atoms with Gasteiger partial charge in [0.15, 0.2) is 5.60 Å². The average molecular weight is 413 g/mol. The molecule has 7 heteroatoms. The average Bonchev–Trinajstić information content (AvgIpc) is 2.69. The van der Waals surface area contributed by atoms with E-state index in [0.29, 0.717) is 18.3 Å². The summed E-state index contributed by atoms with van der Waals surface area (Å²) in [6.07, 6.45) is 11.6. The van der Waals surface area contributed by atoms with Crippen LogP contribution >= 0.6 is 0 Å². The Hall–Kier alpha value is -1.63. The number of aliphatic hydroxyl groups is 1. The summed E-state index contributed by atoms with van der Waals surface area (Å²) >= 11 is 0. The normalized spacial score (nSPS) is 20.6. The molecule has 2 N–H and O–H groups in total. The Labute approximate surface area is 173 Å². The standard InChI is InChI=1S/C22H36O7/c23-19(24)15-22(27,21(26)29-14-12-18-9-5-2-6-10-18)16-20(25)28-13-11-17-7-3-1-4-8-17/h17-18,27H,1-16H2,(H,23,24). The maximum absolute atomic E-state index is 12.4. The molecule has 2 aliphatic rings. The van der Waals surface area contributed by atoms with Gasteiger partial charge in [-0.1, -0.05) is 64.2 Å². The Bertz CT molecular complexity index is 535. The molecule has 7 nitrogen and oxygen atoms in total. The van der Waals surface area contributed by atoms with Crippen molar-refractivity contribution in [2.24, 2.45) is 11.8 Å². The van der Waals surface area contributed by atoms with Crippen molar-refractivity contribution in [3.8, 4) is 0 Å². The van der Waals surface area contributed by atoms with Crippen molar-refractivity contribution in [1.82, 2.24) is 0 Å². The molecule has 0 spiro atoms. The molecular weight excluding hydrogens is 376 g/mol. The minimum Gasteiger partial charge on any atom is -0.481 e. The molecule has 2 saturated carbocycles. The monoisotopic (exact) mass is 412 g/mol. The van der Waals surface area contributed by atoms with E-state index in [2.05, 4.69) is 0 Å². The molecule has 0 amide bonds. The Kier molecular flexibility index (Phi) is 9.91. The van der Waals surface area contributed by atoms with Gasteiger partial charge in [0.25, 0.3) is 0 Å². The Morgan fingerprint density at radius 2 is 1.24 bits per heavy atom. The van der Waals surface area contributed by atoms with Crippen molar-refractivity contribution in [3.63, 3.8) is 0 Å². The Balaban J connectivity index is 1.77. The molecule has 29 heavy (non-hydrogen) atoms. The van der Waals surface area contributed by atoms with Crippen LogP contribution in [0.2, 0.25) is 0 Å². The fraction of sp³-hybridized carbons (Fsp3) is 0.864. The Morgan fingerprint density at radius 3 is 1.72 bits per heavy atom. The van der Waals surface area contributed by atoms with Crippen LogP contribution in [0.25, 0.3) is 0 Å². The van der Waals surface area contributed by atoms with Crippen molar-refractivity contribution in [2.75, 3.05) is 13.2 Å². The van der Waals surface area contributed by atoms with Crippen LogP contribution in [0.15, 0.2) is 0 Å². The van der Waals surface area contributed by atoms with Gasteiger partial charge in [-0.3, -0.25) is 9.59 Å². The maximum atomic E-state index is 12.4. The molecule has 0 bridgehead atoms. The number of carbonyl (C=O) groups excluding carboxylic acids is 2. The molecule has 2 fully saturated rings. The number of ether oxygens (including phenoxy) is 2. The quantitative estimate of drug-likeness (QED) is 0.499. The second kappa shape index (κ2) is 12.2. The first-order chi connectivity index (χ1) is 13.9.